The van der Waals surface area contributed by atoms with Gasteiger partial charge in [0.15, 0.2) is 10.1 Å². The number of Topliss-reactive ketones (excluding diaryl/α,β-unsaturated/α-hetero) is 1. The van der Waals surface area contributed by atoms with E-state index >= 15 is 0 Å². The van der Waals surface area contributed by atoms with Crippen molar-refractivity contribution in [3.63, 3.8) is 0 Å². The van der Waals surface area contributed by atoms with Gasteiger partial charge in [-0.1, -0.05) is 60.5 Å². The Kier molecular flexibility index (Phi) is 4.18. The normalized spacial score (nSPS) is 13.6. The maximum atomic E-state index is 11.7. The summed E-state index contributed by atoms with van der Waals surface area (Å²) < 4.78 is -1.28. The molecule has 0 saturated heterocycles. The number of halogens is 2. The molecule has 0 amide bonds. The molecule has 0 fully saturated rings. The lowest BCUT2D eigenvalue weighted by Gasteiger charge is -2.17. The van der Waals surface area contributed by atoms with Crippen molar-refractivity contribution in [3.05, 3.63) is 35.9 Å². The molecule has 0 radical (unpaired) electrons. The van der Waals surface area contributed by atoms with Crippen LogP contribution in [0.3, 0.4) is 0 Å². The van der Waals surface area contributed by atoms with Gasteiger partial charge in [0.2, 0.25) is 0 Å². The Morgan fingerprint density at radius 3 is 2.33 bits per heavy atom. The van der Waals surface area contributed by atoms with E-state index in [9.17, 15) is 4.79 Å². The molecule has 0 heterocycles. The zero-order chi connectivity index (χ0) is 11.5. The fraction of sp³-hybridized carbons (Fsp3) is 0.417. The Morgan fingerprint density at radius 1 is 1.33 bits per heavy atom. The van der Waals surface area contributed by atoms with E-state index in [1.807, 2.05) is 37.3 Å². The van der Waals surface area contributed by atoms with Crippen LogP contribution in [-0.2, 0) is 11.2 Å². The lowest BCUT2D eigenvalue weighted by molar-refractivity contribution is -0.122. The minimum atomic E-state index is -1.28. The average molecular weight is 245 g/mol. The van der Waals surface area contributed by atoms with Crippen LogP contribution in [0.4, 0.5) is 0 Å². The van der Waals surface area contributed by atoms with E-state index in [0.29, 0.717) is 6.42 Å². The topological polar surface area (TPSA) is 17.1 Å². The van der Waals surface area contributed by atoms with Crippen molar-refractivity contribution < 1.29 is 4.79 Å². The van der Waals surface area contributed by atoms with Crippen LogP contribution in [0, 0.1) is 5.92 Å². The summed E-state index contributed by atoms with van der Waals surface area (Å²) in [4.78, 5) is 11.7. The van der Waals surface area contributed by atoms with E-state index < -0.39 is 4.33 Å². The molecule has 1 nitrogen and oxygen atoms in total. The van der Waals surface area contributed by atoms with E-state index in [2.05, 4.69) is 0 Å². The molecule has 1 aromatic carbocycles. The van der Waals surface area contributed by atoms with Gasteiger partial charge in [0, 0.05) is 5.92 Å². The van der Waals surface area contributed by atoms with Crippen molar-refractivity contribution in [3.8, 4) is 0 Å². The van der Waals surface area contributed by atoms with Crippen molar-refractivity contribution >= 4 is 29.0 Å². The van der Waals surface area contributed by atoms with Gasteiger partial charge in [0.1, 0.15) is 0 Å². The fourth-order valence-electron chi connectivity index (χ4n) is 1.49. The fourth-order valence-corrected chi connectivity index (χ4v) is 1.87. The highest BCUT2D eigenvalue weighted by Crippen LogP contribution is 2.26. The van der Waals surface area contributed by atoms with Crippen molar-refractivity contribution in [2.45, 2.75) is 24.6 Å². The molecule has 0 aromatic heterocycles. The molecule has 1 atom stereocenters. The van der Waals surface area contributed by atoms with Crippen LogP contribution in [0.15, 0.2) is 30.3 Å². The van der Waals surface area contributed by atoms with Gasteiger partial charge >= 0.3 is 0 Å². The van der Waals surface area contributed by atoms with Crippen molar-refractivity contribution in [1.82, 2.24) is 0 Å². The Morgan fingerprint density at radius 2 is 1.87 bits per heavy atom. The van der Waals surface area contributed by atoms with Crippen molar-refractivity contribution in [2.24, 2.45) is 5.92 Å². The molecule has 0 aliphatic carbocycles. The number of carbonyl (C=O) groups is 1. The Bertz CT molecular complexity index is 327. The first kappa shape index (κ1) is 12.5. The van der Waals surface area contributed by atoms with Gasteiger partial charge in [-0.3, -0.25) is 4.79 Å². The van der Waals surface area contributed by atoms with Crippen LogP contribution in [-0.4, -0.2) is 10.1 Å². The minimum absolute atomic E-state index is 0.130. The van der Waals surface area contributed by atoms with Crippen LogP contribution >= 0.6 is 23.2 Å². The molecule has 0 aliphatic rings. The first-order valence-corrected chi connectivity index (χ1v) is 5.63. The Balaban J connectivity index is 2.65. The average Bonchev–Trinajstić information content (AvgIpc) is 2.16. The van der Waals surface area contributed by atoms with E-state index in [1.54, 1.807) is 0 Å². The lowest BCUT2D eigenvalue weighted by Crippen LogP contribution is -2.29. The highest BCUT2D eigenvalue weighted by molar-refractivity contribution is 6.58. The number of hydrogen-bond donors (Lipinski definition) is 0. The number of hydrogen-bond acceptors (Lipinski definition) is 1. The summed E-state index contributed by atoms with van der Waals surface area (Å²) in [6, 6.07) is 9.83. The van der Waals surface area contributed by atoms with Gasteiger partial charge < -0.3 is 0 Å². The lowest BCUT2D eigenvalue weighted by atomic mass is 9.95. The third-order valence-electron chi connectivity index (χ3n) is 2.26. The number of rotatable bonds is 4. The molecule has 1 aromatic rings. The summed E-state index contributed by atoms with van der Waals surface area (Å²) in [5.41, 5.74) is 1.12. The maximum absolute atomic E-state index is 11.7. The second kappa shape index (κ2) is 5.00. The van der Waals surface area contributed by atoms with Gasteiger partial charge in [0.25, 0.3) is 0 Å². The number of benzene rings is 1. The standard InChI is InChI=1S/C12H14Cl2O/c1-9(11(15)12(2,13)14)8-10-6-4-3-5-7-10/h3-7,9H,8H2,1-2H3. The number of carbonyl (C=O) groups excluding carboxylic acids is 1. The molecule has 1 rings (SSSR count). The third kappa shape index (κ3) is 3.84. The molecule has 0 N–H and O–H groups in total. The van der Waals surface area contributed by atoms with Crippen LogP contribution in [0.2, 0.25) is 0 Å². The van der Waals surface area contributed by atoms with E-state index in [0.717, 1.165) is 5.56 Å². The third-order valence-corrected chi connectivity index (χ3v) is 2.64. The van der Waals surface area contributed by atoms with Crippen LogP contribution < -0.4 is 0 Å². The monoisotopic (exact) mass is 244 g/mol. The summed E-state index contributed by atoms with van der Waals surface area (Å²) in [5.74, 6) is -0.290. The Labute approximate surface area is 100 Å². The molecule has 1 unspecified atom stereocenters. The second-order valence-electron chi connectivity index (χ2n) is 3.84. The molecule has 82 valence electrons. The van der Waals surface area contributed by atoms with Crippen LogP contribution in [0.25, 0.3) is 0 Å². The summed E-state index contributed by atoms with van der Waals surface area (Å²) in [6.07, 6.45) is 0.675. The van der Waals surface area contributed by atoms with Crippen molar-refractivity contribution in [1.29, 1.82) is 0 Å². The second-order valence-corrected chi connectivity index (χ2v) is 5.55. The van der Waals surface area contributed by atoms with Crippen LogP contribution in [0.5, 0.6) is 0 Å². The summed E-state index contributed by atoms with van der Waals surface area (Å²) in [5, 5.41) is 0. The molecule has 0 bridgehead atoms. The zero-order valence-corrected chi connectivity index (χ0v) is 10.3. The molecule has 0 saturated carbocycles. The summed E-state index contributed by atoms with van der Waals surface area (Å²) in [6.45, 7) is 3.36. The highest BCUT2D eigenvalue weighted by Gasteiger charge is 2.31. The molecule has 3 heteroatoms. The predicted octanol–water partition coefficient (Wildman–Crippen LogP) is 3.63. The molecule has 15 heavy (non-hydrogen) atoms. The maximum Gasteiger partial charge on any atom is 0.173 e. The number of ketones is 1. The zero-order valence-electron chi connectivity index (χ0n) is 8.84. The molecule has 0 spiro atoms. The summed E-state index contributed by atoms with van der Waals surface area (Å²) >= 11 is 11.5. The first-order valence-electron chi connectivity index (χ1n) is 4.87. The van der Waals surface area contributed by atoms with Gasteiger partial charge in [-0.15, -0.1) is 0 Å². The predicted molar refractivity (Wildman–Crippen MR) is 64.4 cm³/mol. The quantitative estimate of drug-likeness (QED) is 0.740. The smallest absolute Gasteiger partial charge is 0.173 e. The molecular weight excluding hydrogens is 231 g/mol. The SMILES string of the molecule is CC(Cc1ccccc1)C(=O)C(C)(Cl)Cl. The van der Waals surface area contributed by atoms with E-state index in [4.69, 9.17) is 23.2 Å². The molecule has 0 aliphatic heterocycles. The Hall–Kier alpha value is -0.530. The first-order chi connectivity index (χ1) is 6.91. The van der Waals surface area contributed by atoms with Crippen LogP contribution in [0.1, 0.15) is 19.4 Å². The highest BCUT2D eigenvalue weighted by atomic mass is 35.5. The van der Waals surface area contributed by atoms with Gasteiger partial charge in [-0.2, -0.15) is 0 Å². The van der Waals surface area contributed by atoms with Crippen molar-refractivity contribution in [2.75, 3.05) is 0 Å². The minimum Gasteiger partial charge on any atom is -0.296 e. The van der Waals surface area contributed by atoms with Gasteiger partial charge in [-0.05, 0) is 18.9 Å². The van der Waals surface area contributed by atoms with E-state index in [-0.39, 0.29) is 11.7 Å². The van der Waals surface area contributed by atoms with E-state index in [1.165, 1.54) is 6.92 Å². The summed E-state index contributed by atoms with van der Waals surface area (Å²) in [7, 11) is 0. The van der Waals surface area contributed by atoms with Gasteiger partial charge in [0.05, 0.1) is 0 Å². The largest absolute Gasteiger partial charge is 0.296 e. The molecular formula is C12H14Cl2O. The van der Waals surface area contributed by atoms with Gasteiger partial charge in [-0.25, -0.2) is 0 Å². The number of alkyl halides is 2.